The molecule has 22 heavy (non-hydrogen) atoms. The molecule has 0 atom stereocenters. The molecule has 0 bridgehead atoms. The molecule has 0 aliphatic heterocycles. The first-order valence-electron chi connectivity index (χ1n) is 6.62. The summed E-state index contributed by atoms with van der Waals surface area (Å²) in [4.78, 5) is 20.8. The molecule has 6 heteroatoms. The number of hydrogen-bond donors (Lipinski definition) is 1. The van der Waals surface area contributed by atoms with Crippen molar-refractivity contribution >= 4 is 28.8 Å². The van der Waals surface area contributed by atoms with Crippen LogP contribution in [0.1, 0.15) is 16.1 Å². The average Bonchev–Trinajstić information content (AvgIpc) is 3.02. The van der Waals surface area contributed by atoms with Gasteiger partial charge in [0.1, 0.15) is 5.01 Å². The molecule has 0 spiro atoms. The van der Waals surface area contributed by atoms with Crippen molar-refractivity contribution in [3.63, 3.8) is 0 Å². The van der Waals surface area contributed by atoms with Crippen LogP contribution in [0.15, 0.2) is 54.0 Å². The van der Waals surface area contributed by atoms with Gasteiger partial charge < -0.3 is 5.32 Å². The molecule has 0 radical (unpaired) electrons. The largest absolute Gasteiger partial charge is 0.346 e. The number of nitrogens with one attached hydrogen (secondary N) is 1. The first kappa shape index (κ1) is 14.7. The number of hydrogen-bond acceptors (Lipinski definition) is 4. The molecule has 1 aromatic carbocycles. The Morgan fingerprint density at radius 2 is 2.14 bits per heavy atom. The van der Waals surface area contributed by atoms with Crippen LogP contribution < -0.4 is 5.32 Å². The zero-order chi connectivity index (χ0) is 15.4. The van der Waals surface area contributed by atoms with E-state index >= 15 is 0 Å². The highest BCUT2D eigenvalue weighted by atomic mass is 35.5. The molecular formula is C16H12ClN3OS. The third-order valence-corrected chi connectivity index (χ3v) is 4.10. The van der Waals surface area contributed by atoms with Gasteiger partial charge in [-0.05, 0) is 30.3 Å². The summed E-state index contributed by atoms with van der Waals surface area (Å²) < 4.78 is 0. The van der Waals surface area contributed by atoms with E-state index in [2.05, 4.69) is 15.3 Å². The number of rotatable bonds is 4. The molecule has 2 heterocycles. The summed E-state index contributed by atoms with van der Waals surface area (Å²) in [5.41, 5.74) is 2.17. The molecular weight excluding hydrogens is 318 g/mol. The minimum Gasteiger partial charge on any atom is -0.346 e. The summed E-state index contributed by atoms with van der Waals surface area (Å²) in [5, 5.41) is 6.13. The first-order chi connectivity index (χ1) is 10.7. The Morgan fingerprint density at radius 3 is 2.91 bits per heavy atom. The Bertz CT molecular complexity index is 789. The van der Waals surface area contributed by atoms with E-state index in [-0.39, 0.29) is 5.91 Å². The number of nitrogens with zero attached hydrogens (tertiary/aromatic N) is 2. The van der Waals surface area contributed by atoms with Gasteiger partial charge in [-0.15, -0.1) is 11.3 Å². The van der Waals surface area contributed by atoms with Crippen LogP contribution in [0.2, 0.25) is 5.02 Å². The van der Waals surface area contributed by atoms with Crippen molar-refractivity contribution in [2.75, 3.05) is 0 Å². The number of thiazole rings is 1. The van der Waals surface area contributed by atoms with Crippen LogP contribution in [-0.4, -0.2) is 15.9 Å². The number of aromatic nitrogens is 2. The van der Waals surface area contributed by atoms with Crippen molar-refractivity contribution < 1.29 is 4.79 Å². The fourth-order valence-electron chi connectivity index (χ4n) is 1.90. The monoisotopic (exact) mass is 329 g/mol. The lowest BCUT2D eigenvalue weighted by Crippen LogP contribution is -2.22. The minimum absolute atomic E-state index is 0.171. The summed E-state index contributed by atoms with van der Waals surface area (Å²) in [6, 6.07) is 12.5. The molecule has 0 saturated heterocycles. The Morgan fingerprint density at radius 1 is 1.23 bits per heavy atom. The van der Waals surface area contributed by atoms with Crippen molar-refractivity contribution in [3.05, 3.63) is 70.3 Å². The van der Waals surface area contributed by atoms with Crippen LogP contribution in [0, 0.1) is 0 Å². The molecule has 0 unspecified atom stereocenters. The van der Waals surface area contributed by atoms with E-state index in [1.807, 2.05) is 23.6 Å². The van der Waals surface area contributed by atoms with Gasteiger partial charge in [0.25, 0.3) is 5.91 Å². The Hall–Kier alpha value is -2.24. The third kappa shape index (κ3) is 3.50. The van der Waals surface area contributed by atoms with E-state index in [0.717, 1.165) is 16.4 Å². The van der Waals surface area contributed by atoms with Crippen LogP contribution in [0.3, 0.4) is 0 Å². The van der Waals surface area contributed by atoms with E-state index in [4.69, 9.17) is 11.6 Å². The van der Waals surface area contributed by atoms with Crippen molar-refractivity contribution in [2.24, 2.45) is 0 Å². The second kappa shape index (κ2) is 6.68. The smallest absolute Gasteiger partial charge is 0.251 e. The van der Waals surface area contributed by atoms with Gasteiger partial charge in [-0.2, -0.15) is 0 Å². The molecule has 110 valence electrons. The topological polar surface area (TPSA) is 54.9 Å². The Balaban J connectivity index is 1.65. The summed E-state index contributed by atoms with van der Waals surface area (Å²) in [7, 11) is 0. The van der Waals surface area contributed by atoms with Gasteiger partial charge in [0.15, 0.2) is 0 Å². The zero-order valence-corrected chi connectivity index (χ0v) is 13.1. The van der Waals surface area contributed by atoms with Crippen LogP contribution in [-0.2, 0) is 6.54 Å². The Kier molecular flexibility index (Phi) is 4.46. The van der Waals surface area contributed by atoms with Gasteiger partial charge in [0.05, 0.1) is 17.9 Å². The Labute approximate surface area is 136 Å². The van der Waals surface area contributed by atoms with E-state index < -0.39 is 0 Å². The number of amides is 1. The summed E-state index contributed by atoms with van der Waals surface area (Å²) >= 11 is 7.39. The van der Waals surface area contributed by atoms with Gasteiger partial charge in [0, 0.05) is 22.2 Å². The normalized spacial score (nSPS) is 10.4. The van der Waals surface area contributed by atoms with Gasteiger partial charge in [0.2, 0.25) is 0 Å². The van der Waals surface area contributed by atoms with Gasteiger partial charge in [-0.3, -0.25) is 9.78 Å². The first-order valence-corrected chi connectivity index (χ1v) is 7.88. The van der Waals surface area contributed by atoms with Crippen molar-refractivity contribution in [1.82, 2.24) is 15.3 Å². The van der Waals surface area contributed by atoms with Crippen LogP contribution >= 0.6 is 22.9 Å². The number of pyridine rings is 1. The number of halogens is 1. The fourth-order valence-corrected chi connectivity index (χ4v) is 2.88. The van der Waals surface area contributed by atoms with Crippen molar-refractivity contribution in [2.45, 2.75) is 6.54 Å². The van der Waals surface area contributed by atoms with Gasteiger partial charge in [-0.1, -0.05) is 23.7 Å². The minimum atomic E-state index is -0.171. The highest BCUT2D eigenvalue weighted by Crippen LogP contribution is 2.21. The molecule has 2 aromatic heterocycles. The summed E-state index contributed by atoms with van der Waals surface area (Å²) in [5.74, 6) is -0.171. The quantitative estimate of drug-likeness (QED) is 0.792. The number of benzene rings is 1. The van der Waals surface area contributed by atoms with E-state index in [1.54, 1.807) is 30.5 Å². The zero-order valence-electron chi connectivity index (χ0n) is 11.5. The maximum Gasteiger partial charge on any atom is 0.251 e. The van der Waals surface area contributed by atoms with E-state index in [1.165, 1.54) is 11.3 Å². The lowest BCUT2D eigenvalue weighted by Gasteiger charge is -2.03. The van der Waals surface area contributed by atoms with E-state index in [9.17, 15) is 4.79 Å². The lowest BCUT2D eigenvalue weighted by molar-refractivity contribution is 0.0950. The highest BCUT2D eigenvalue weighted by molar-refractivity contribution is 7.13. The molecule has 0 aliphatic carbocycles. The fraction of sp³-hybridized carbons (Fsp3) is 0.0625. The van der Waals surface area contributed by atoms with Gasteiger partial charge in [-0.25, -0.2) is 4.98 Å². The number of carbonyl (C=O) groups is 1. The SMILES string of the molecule is O=C(NCc1csc(-c2ccccn2)n1)c1cccc(Cl)c1. The second-order valence-corrected chi connectivity index (χ2v) is 5.85. The molecule has 0 fully saturated rings. The van der Waals surface area contributed by atoms with Crippen LogP contribution in [0.5, 0.6) is 0 Å². The lowest BCUT2D eigenvalue weighted by atomic mass is 10.2. The molecule has 1 amide bonds. The second-order valence-electron chi connectivity index (χ2n) is 4.55. The maximum atomic E-state index is 12.0. The average molecular weight is 330 g/mol. The highest BCUT2D eigenvalue weighted by Gasteiger charge is 2.08. The third-order valence-electron chi connectivity index (χ3n) is 2.95. The summed E-state index contributed by atoms with van der Waals surface area (Å²) in [6.45, 7) is 0.370. The molecule has 0 aliphatic rings. The predicted molar refractivity (Wildman–Crippen MR) is 88.0 cm³/mol. The van der Waals surface area contributed by atoms with E-state index in [0.29, 0.717) is 17.1 Å². The van der Waals surface area contributed by atoms with Crippen LogP contribution in [0.25, 0.3) is 10.7 Å². The summed E-state index contributed by atoms with van der Waals surface area (Å²) in [6.07, 6.45) is 1.73. The molecule has 3 rings (SSSR count). The molecule has 3 aromatic rings. The van der Waals surface area contributed by atoms with Crippen molar-refractivity contribution in [3.8, 4) is 10.7 Å². The number of carbonyl (C=O) groups excluding carboxylic acids is 1. The molecule has 1 N–H and O–H groups in total. The molecule has 4 nitrogen and oxygen atoms in total. The standard InChI is InChI=1S/C16H12ClN3OS/c17-12-5-3-4-11(8-12)15(21)19-9-13-10-22-16(20-13)14-6-1-2-7-18-14/h1-8,10H,9H2,(H,19,21). The van der Waals surface area contributed by atoms with Gasteiger partial charge >= 0.3 is 0 Å². The van der Waals surface area contributed by atoms with Crippen molar-refractivity contribution in [1.29, 1.82) is 0 Å². The van der Waals surface area contributed by atoms with Crippen LogP contribution in [0.4, 0.5) is 0 Å². The maximum absolute atomic E-state index is 12.0. The predicted octanol–water partition coefficient (Wildman–Crippen LogP) is 3.79. The molecule has 0 saturated carbocycles.